The minimum absolute atomic E-state index is 0.0856. The van der Waals surface area contributed by atoms with Crippen molar-refractivity contribution in [2.75, 3.05) is 20.3 Å². The number of nitrogens with two attached hydrogens (primary N) is 1. The summed E-state index contributed by atoms with van der Waals surface area (Å²) < 4.78 is 35.2. The Bertz CT molecular complexity index is 1100. The van der Waals surface area contributed by atoms with Crippen molar-refractivity contribution in [2.24, 2.45) is 11.1 Å². The number of methoxy groups -OCH3 is 1. The number of rotatable bonds is 11. The van der Waals surface area contributed by atoms with E-state index >= 15 is 0 Å². The molecule has 0 saturated carbocycles. The molecule has 0 aliphatic heterocycles. The number of hydrogen-bond donors (Lipinski definition) is 2. The predicted octanol–water partition coefficient (Wildman–Crippen LogP) is 3.93. The van der Waals surface area contributed by atoms with E-state index in [2.05, 4.69) is 10.3 Å². The van der Waals surface area contributed by atoms with Crippen LogP contribution >= 0.6 is 0 Å². The van der Waals surface area contributed by atoms with E-state index in [0.29, 0.717) is 44.1 Å². The molecule has 182 valence electrons. The van der Waals surface area contributed by atoms with Crippen molar-refractivity contribution in [3.8, 4) is 11.3 Å². The maximum absolute atomic E-state index is 14.4. The number of imidazole rings is 1. The van der Waals surface area contributed by atoms with E-state index in [1.807, 2.05) is 48.7 Å². The predicted molar refractivity (Wildman–Crippen MR) is 128 cm³/mol. The number of carbonyl (C=O) groups is 1. The molecule has 0 radical (unpaired) electrons. The van der Waals surface area contributed by atoms with Gasteiger partial charge in [0.1, 0.15) is 17.5 Å². The van der Waals surface area contributed by atoms with Crippen LogP contribution in [0.1, 0.15) is 31.7 Å². The molecule has 0 saturated heterocycles. The monoisotopic (exact) mass is 470 g/mol. The first-order valence-corrected chi connectivity index (χ1v) is 11.3. The van der Waals surface area contributed by atoms with Crippen LogP contribution in [0.4, 0.5) is 8.78 Å². The van der Waals surface area contributed by atoms with Gasteiger partial charge in [-0.15, -0.1) is 0 Å². The van der Waals surface area contributed by atoms with Gasteiger partial charge in [-0.25, -0.2) is 13.8 Å². The number of carbonyl (C=O) groups excluding carboxylic acids is 1. The molecule has 6 nitrogen and oxygen atoms in total. The Morgan fingerprint density at radius 3 is 2.65 bits per heavy atom. The summed E-state index contributed by atoms with van der Waals surface area (Å²) in [5.41, 5.74) is 6.58. The second kappa shape index (κ2) is 11.4. The molecule has 3 N–H and O–H groups in total. The minimum Gasteiger partial charge on any atom is -0.383 e. The molecule has 1 heterocycles. The van der Waals surface area contributed by atoms with Crippen LogP contribution in [0.2, 0.25) is 0 Å². The molecule has 0 aliphatic rings. The van der Waals surface area contributed by atoms with Gasteiger partial charge in [0.25, 0.3) is 0 Å². The van der Waals surface area contributed by atoms with Crippen molar-refractivity contribution >= 4 is 5.91 Å². The second-order valence-corrected chi connectivity index (χ2v) is 9.10. The normalized spacial score (nSPS) is 12.5. The number of benzene rings is 2. The summed E-state index contributed by atoms with van der Waals surface area (Å²) in [7, 11) is 1.59. The number of aromatic nitrogens is 2. The largest absolute Gasteiger partial charge is 0.383 e. The highest BCUT2D eigenvalue weighted by Gasteiger charge is 2.30. The van der Waals surface area contributed by atoms with Crippen molar-refractivity contribution in [1.82, 2.24) is 14.9 Å². The third-order valence-corrected chi connectivity index (χ3v) is 5.66. The fourth-order valence-electron chi connectivity index (χ4n) is 3.72. The lowest BCUT2D eigenvalue weighted by molar-refractivity contribution is -0.129. The lowest BCUT2D eigenvalue weighted by Gasteiger charge is -2.24. The van der Waals surface area contributed by atoms with E-state index in [4.69, 9.17) is 10.5 Å². The van der Waals surface area contributed by atoms with Gasteiger partial charge in [0.15, 0.2) is 0 Å². The van der Waals surface area contributed by atoms with Crippen molar-refractivity contribution < 1.29 is 18.3 Å². The molecule has 0 aliphatic carbocycles. The Balaban J connectivity index is 1.84. The topological polar surface area (TPSA) is 82.2 Å². The van der Waals surface area contributed by atoms with Gasteiger partial charge in [-0.05, 0) is 30.2 Å². The van der Waals surface area contributed by atoms with Crippen LogP contribution in [0.3, 0.4) is 0 Å². The standard InChI is InChI=1S/C26H32F2N4O2/c1-26(2,25(33)30-12-11-20(29)17-34-3)14-24-31-23(21-13-19(27)9-10-22(21)28)16-32(24)15-18-7-5-4-6-8-18/h4-10,13,16,20H,11-12,14-15,17,29H2,1-3H3,(H,30,33)/t20-/m1/s1. The molecule has 1 atom stereocenters. The fourth-order valence-corrected chi connectivity index (χ4v) is 3.72. The molecular formula is C26H32F2N4O2. The summed E-state index contributed by atoms with van der Waals surface area (Å²) in [6.45, 7) is 5.02. The maximum atomic E-state index is 14.4. The highest BCUT2D eigenvalue weighted by atomic mass is 19.1. The van der Waals surface area contributed by atoms with E-state index in [9.17, 15) is 13.6 Å². The highest BCUT2D eigenvalue weighted by Crippen LogP contribution is 2.28. The Hall–Kier alpha value is -3.10. The highest BCUT2D eigenvalue weighted by molar-refractivity contribution is 5.82. The SMILES string of the molecule is COC[C@H](N)CCNC(=O)C(C)(C)Cc1nc(-c2cc(F)ccc2F)cn1Cc1ccccc1. The molecule has 0 spiro atoms. The number of nitrogens with one attached hydrogen (secondary N) is 1. The molecule has 1 amide bonds. The molecule has 1 aromatic heterocycles. The smallest absolute Gasteiger partial charge is 0.226 e. The van der Waals surface area contributed by atoms with Crippen LogP contribution in [0.5, 0.6) is 0 Å². The van der Waals surface area contributed by atoms with Crippen molar-refractivity contribution in [3.63, 3.8) is 0 Å². The van der Waals surface area contributed by atoms with Crippen LogP contribution in [-0.2, 0) is 22.5 Å². The van der Waals surface area contributed by atoms with Crippen LogP contribution in [0.25, 0.3) is 11.3 Å². The summed E-state index contributed by atoms with van der Waals surface area (Å²) in [5.74, 6) is -0.618. The third kappa shape index (κ3) is 6.71. The number of amides is 1. The first-order chi connectivity index (χ1) is 16.2. The summed E-state index contributed by atoms with van der Waals surface area (Å²) in [6.07, 6.45) is 2.62. The molecule has 0 fully saturated rings. The summed E-state index contributed by atoms with van der Waals surface area (Å²) in [5, 5.41) is 2.94. The quantitative estimate of drug-likeness (QED) is 0.445. The molecule has 8 heteroatoms. The van der Waals surface area contributed by atoms with Gasteiger partial charge in [0, 0.05) is 44.4 Å². The summed E-state index contributed by atoms with van der Waals surface area (Å²) >= 11 is 0. The average Bonchev–Trinajstić information content (AvgIpc) is 3.17. The first-order valence-electron chi connectivity index (χ1n) is 11.3. The molecule has 2 aromatic carbocycles. The van der Waals surface area contributed by atoms with Crippen molar-refractivity contribution in [3.05, 3.63) is 77.8 Å². The number of nitrogens with zero attached hydrogens (tertiary/aromatic N) is 2. The molecule has 3 rings (SSSR count). The van der Waals surface area contributed by atoms with E-state index in [1.165, 1.54) is 0 Å². The van der Waals surface area contributed by atoms with Gasteiger partial charge < -0.3 is 20.4 Å². The zero-order valence-corrected chi connectivity index (χ0v) is 19.9. The Kier molecular flexibility index (Phi) is 8.52. The average molecular weight is 471 g/mol. The van der Waals surface area contributed by atoms with Gasteiger partial charge in [0.05, 0.1) is 17.7 Å². The van der Waals surface area contributed by atoms with Gasteiger partial charge in [0.2, 0.25) is 5.91 Å². The molecule has 3 aromatic rings. The Morgan fingerprint density at radius 2 is 1.94 bits per heavy atom. The zero-order chi connectivity index (χ0) is 24.7. The molecular weight excluding hydrogens is 438 g/mol. The number of ether oxygens (including phenoxy) is 1. The minimum atomic E-state index is -0.789. The van der Waals surface area contributed by atoms with Crippen molar-refractivity contribution in [1.29, 1.82) is 0 Å². The number of hydrogen-bond acceptors (Lipinski definition) is 4. The van der Waals surface area contributed by atoms with Gasteiger partial charge in [-0.2, -0.15) is 0 Å². The lowest BCUT2D eigenvalue weighted by atomic mass is 9.87. The van der Waals surface area contributed by atoms with Crippen molar-refractivity contribution in [2.45, 2.75) is 39.3 Å². The van der Waals surface area contributed by atoms with E-state index in [1.54, 1.807) is 13.3 Å². The Morgan fingerprint density at radius 1 is 1.21 bits per heavy atom. The second-order valence-electron chi connectivity index (χ2n) is 9.10. The molecule has 34 heavy (non-hydrogen) atoms. The van der Waals surface area contributed by atoms with Crippen LogP contribution in [0, 0.1) is 17.0 Å². The summed E-state index contributed by atoms with van der Waals surface area (Å²) in [6, 6.07) is 12.9. The third-order valence-electron chi connectivity index (χ3n) is 5.66. The van der Waals surface area contributed by atoms with Gasteiger partial charge in [-0.3, -0.25) is 4.79 Å². The lowest BCUT2D eigenvalue weighted by Crippen LogP contribution is -2.41. The van der Waals surface area contributed by atoms with Gasteiger partial charge >= 0.3 is 0 Å². The Labute approximate surface area is 199 Å². The van der Waals surface area contributed by atoms with Crippen LogP contribution < -0.4 is 11.1 Å². The van der Waals surface area contributed by atoms with Gasteiger partial charge in [-0.1, -0.05) is 44.2 Å². The molecule has 0 unspecified atom stereocenters. The van der Waals surface area contributed by atoms with Crippen LogP contribution in [0.15, 0.2) is 54.7 Å². The first kappa shape index (κ1) is 25.5. The maximum Gasteiger partial charge on any atom is 0.226 e. The van der Waals surface area contributed by atoms with E-state index in [0.717, 1.165) is 23.8 Å². The molecule has 0 bridgehead atoms. The summed E-state index contributed by atoms with van der Waals surface area (Å²) in [4.78, 5) is 17.5. The van der Waals surface area contributed by atoms with E-state index in [-0.39, 0.29) is 17.5 Å². The number of halogens is 2. The van der Waals surface area contributed by atoms with Crippen LogP contribution in [-0.4, -0.2) is 41.8 Å². The zero-order valence-electron chi connectivity index (χ0n) is 19.9. The fraction of sp³-hybridized carbons (Fsp3) is 0.385. The van der Waals surface area contributed by atoms with E-state index < -0.39 is 17.0 Å².